The van der Waals surface area contributed by atoms with Crippen LogP contribution in [-0.4, -0.2) is 27.3 Å². The van der Waals surface area contributed by atoms with Crippen LogP contribution >= 0.6 is 0 Å². The van der Waals surface area contributed by atoms with Crippen LogP contribution in [0.4, 0.5) is 18.9 Å². The minimum Gasteiger partial charge on any atom is -0.383 e. The topological polar surface area (TPSA) is 12.5 Å². The highest BCUT2D eigenvalue weighted by Crippen LogP contribution is 2.32. The summed E-state index contributed by atoms with van der Waals surface area (Å²) >= 11 is 0. The van der Waals surface area contributed by atoms with Gasteiger partial charge in [0.05, 0.1) is 12.2 Å². The van der Waals surface area contributed by atoms with E-state index in [9.17, 15) is 13.2 Å². The first-order valence-electron chi connectivity index (χ1n) is 6.24. The minimum atomic E-state index is -4.28. The first-order valence-corrected chi connectivity index (χ1v) is 6.24. The van der Waals surface area contributed by atoms with Crippen molar-refractivity contribution in [2.45, 2.75) is 26.9 Å². The van der Waals surface area contributed by atoms with Gasteiger partial charge in [-0.2, -0.15) is 13.2 Å². The molecule has 0 fully saturated rings. The molecule has 1 aromatic rings. The van der Waals surface area contributed by atoms with Crippen LogP contribution in [0.3, 0.4) is 0 Å². The predicted octanol–water partition coefficient (Wildman–Crippen LogP) is 4.12. The summed E-state index contributed by atoms with van der Waals surface area (Å²) in [5.74, 6) is 0. The van der Waals surface area contributed by atoms with Gasteiger partial charge < -0.3 is 9.64 Å². The van der Waals surface area contributed by atoms with Crippen molar-refractivity contribution < 1.29 is 17.9 Å². The second kappa shape index (κ2) is 8.04. The summed E-state index contributed by atoms with van der Waals surface area (Å²) in [6, 6.07) is 3.76. The largest absolute Gasteiger partial charge is 0.416 e. The SMILES string of the molecule is CC.COCCN(C)c1ccc(C(F)(F)F)cc1C. The summed E-state index contributed by atoms with van der Waals surface area (Å²) in [7, 11) is 3.42. The highest BCUT2D eigenvalue weighted by atomic mass is 19.4. The zero-order valence-electron chi connectivity index (χ0n) is 12.1. The van der Waals surface area contributed by atoms with Crippen LogP contribution in [0.2, 0.25) is 0 Å². The Balaban J connectivity index is 0.00000154. The molecule has 1 rings (SSSR count). The fraction of sp³-hybridized carbons (Fsp3) is 0.571. The Hall–Kier alpha value is -1.23. The third-order valence-electron chi connectivity index (χ3n) is 2.57. The van der Waals surface area contributed by atoms with Crippen LogP contribution in [0, 0.1) is 6.92 Å². The van der Waals surface area contributed by atoms with Gasteiger partial charge in [0.25, 0.3) is 0 Å². The van der Waals surface area contributed by atoms with Gasteiger partial charge >= 0.3 is 6.18 Å². The van der Waals surface area contributed by atoms with Crippen molar-refractivity contribution in [1.82, 2.24) is 0 Å². The zero-order valence-corrected chi connectivity index (χ0v) is 12.1. The summed E-state index contributed by atoms with van der Waals surface area (Å²) < 4.78 is 42.3. The van der Waals surface area contributed by atoms with Crippen LogP contribution < -0.4 is 4.90 Å². The van der Waals surface area contributed by atoms with Gasteiger partial charge in [-0.3, -0.25) is 0 Å². The molecule has 0 atom stereocenters. The average molecular weight is 277 g/mol. The van der Waals surface area contributed by atoms with Crippen molar-refractivity contribution in [2.24, 2.45) is 0 Å². The van der Waals surface area contributed by atoms with E-state index in [1.54, 1.807) is 14.0 Å². The van der Waals surface area contributed by atoms with Crippen molar-refractivity contribution >= 4 is 5.69 Å². The number of benzene rings is 1. The molecule has 5 heteroatoms. The summed E-state index contributed by atoms with van der Waals surface area (Å²) in [4.78, 5) is 1.87. The van der Waals surface area contributed by atoms with Crippen molar-refractivity contribution in [3.63, 3.8) is 0 Å². The van der Waals surface area contributed by atoms with Crippen LogP contribution in [0.5, 0.6) is 0 Å². The number of likely N-dealkylation sites (N-methyl/N-ethyl adjacent to an activating group) is 1. The van der Waals surface area contributed by atoms with E-state index in [0.717, 1.165) is 11.8 Å². The number of aryl methyl sites for hydroxylation is 1. The highest BCUT2D eigenvalue weighted by molar-refractivity contribution is 5.54. The van der Waals surface area contributed by atoms with Gasteiger partial charge in [-0.15, -0.1) is 0 Å². The van der Waals surface area contributed by atoms with Gasteiger partial charge in [0.2, 0.25) is 0 Å². The lowest BCUT2D eigenvalue weighted by molar-refractivity contribution is -0.137. The lowest BCUT2D eigenvalue weighted by atomic mass is 10.1. The second-order valence-corrected chi connectivity index (χ2v) is 3.91. The molecule has 0 N–H and O–H groups in total. The third-order valence-corrected chi connectivity index (χ3v) is 2.57. The van der Waals surface area contributed by atoms with Gasteiger partial charge in [-0.05, 0) is 30.7 Å². The Bertz CT molecular complexity index is 377. The molecule has 0 saturated carbocycles. The number of nitrogens with zero attached hydrogens (tertiary/aromatic N) is 1. The first-order chi connectivity index (χ1) is 8.86. The molecule has 0 aromatic heterocycles. The molecule has 0 aliphatic rings. The number of rotatable bonds is 4. The number of alkyl halides is 3. The Morgan fingerprint density at radius 1 is 1.21 bits per heavy atom. The molecule has 2 nitrogen and oxygen atoms in total. The fourth-order valence-corrected chi connectivity index (χ4v) is 1.61. The van der Waals surface area contributed by atoms with Crippen LogP contribution in [-0.2, 0) is 10.9 Å². The lowest BCUT2D eigenvalue weighted by Gasteiger charge is -2.21. The van der Waals surface area contributed by atoms with Crippen molar-refractivity contribution in [2.75, 3.05) is 32.2 Å². The van der Waals surface area contributed by atoms with Gasteiger partial charge in [0.15, 0.2) is 0 Å². The van der Waals surface area contributed by atoms with E-state index in [1.807, 2.05) is 25.8 Å². The molecule has 0 aliphatic carbocycles. The molecule has 0 unspecified atom stereocenters. The zero-order chi connectivity index (χ0) is 15.1. The maximum absolute atomic E-state index is 12.5. The summed E-state index contributed by atoms with van der Waals surface area (Å²) in [6.45, 7) is 6.85. The van der Waals surface area contributed by atoms with Gasteiger partial charge in [0, 0.05) is 26.4 Å². The number of methoxy groups -OCH3 is 1. The summed E-state index contributed by atoms with van der Waals surface area (Å²) in [5.41, 5.74) is 0.785. The van der Waals surface area contributed by atoms with Crippen LogP contribution in [0.15, 0.2) is 18.2 Å². The number of halogens is 3. The molecule has 19 heavy (non-hydrogen) atoms. The normalized spacial score (nSPS) is 10.7. The first kappa shape index (κ1) is 17.8. The van der Waals surface area contributed by atoms with Crippen molar-refractivity contribution in [1.29, 1.82) is 0 Å². The molecule has 0 amide bonds. The van der Waals surface area contributed by atoms with Crippen LogP contribution in [0.25, 0.3) is 0 Å². The predicted molar refractivity (Wildman–Crippen MR) is 72.7 cm³/mol. The van der Waals surface area contributed by atoms with Gasteiger partial charge in [-0.1, -0.05) is 13.8 Å². The van der Waals surface area contributed by atoms with Crippen molar-refractivity contribution in [3.8, 4) is 0 Å². The molecular formula is C14H22F3NO. The summed E-state index contributed by atoms with van der Waals surface area (Å²) in [6.07, 6.45) is -4.28. The second-order valence-electron chi connectivity index (χ2n) is 3.91. The monoisotopic (exact) mass is 277 g/mol. The Kier molecular flexibility index (Phi) is 7.52. The smallest absolute Gasteiger partial charge is 0.383 e. The molecule has 0 radical (unpaired) electrons. The Morgan fingerprint density at radius 3 is 2.21 bits per heavy atom. The molecule has 0 spiro atoms. The quantitative estimate of drug-likeness (QED) is 0.820. The molecule has 110 valence electrons. The van der Waals surface area contributed by atoms with E-state index < -0.39 is 11.7 Å². The third kappa shape index (κ3) is 5.51. The molecular weight excluding hydrogens is 255 g/mol. The standard InChI is InChI=1S/C12H16F3NO.C2H6/c1-9-8-10(12(13,14)15)4-5-11(9)16(2)6-7-17-3;1-2/h4-5,8H,6-7H2,1-3H3;1-2H3. The fourth-order valence-electron chi connectivity index (χ4n) is 1.61. The minimum absolute atomic E-state index is 0.539. The molecule has 1 aromatic carbocycles. The van der Waals surface area contributed by atoms with E-state index in [4.69, 9.17) is 4.74 Å². The summed E-state index contributed by atoms with van der Waals surface area (Å²) in [5, 5.41) is 0. The number of anilines is 1. The molecule has 0 saturated heterocycles. The highest BCUT2D eigenvalue weighted by Gasteiger charge is 2.30. The Labute approximate surface area is 113 Å². The van der Waals surface area contributed by atoms with Gasteiger partial charge in [0.1, 0.15) is 0 Å². The number of hydrogen-bond donors (Lipinski definition) is 0. The van der Waals surface area contributed by atoms with Gasteiger partial charge in [-0.25, -0.2) is 0 Å². The van der Waals surface area contributed by atoms with E-state index in [1.165, 1.54) is 12.1 Å². The maximum Gasteiger partial charge on any atom is 0.416 e. The van der Waals surface area contributed by atoms with E-state index in [2.05, 4.69) is 0 Å². The average Bonchev–Trinajstić information content (AvgIpc) is 2.37. The molecule has 0 bridgehead atoms. The van der Waals surface area contributed by atoms with E-state index in [-0.39, 0.29) is 0 Å². The molecule has 0 heterocycles. The maximum atomic E-state index is 12.5. The Morgan fingerprint density at radius 2 is 1.79 bits per heavy atom. The van der Waals surface area contributed by atoms with Crippen molar-refractivity contribution in [3.05, 3.63) is 29.3 Å². The molecule has 0 aliphatic heterocycles. The van der Waals surface area contributed by atoms with Crippen LogP contribution in [0.1, 0.15) is 25.0 Å². The number of ether oxygens (including phenoxy) is 1. The van der Waals surface area contributed by atoms with E-state index in [0.29, 0.717) is 18.7 Å². The van der Waals surface area contributed by atoms with E-state index >= 15 is 0 Å². The number of hydrogen-bond acceptors (Lipinski definition) is 2. The lowest BCUT2D eigenvalue weighted by Crippen LogP contribution is -2.23.